The van der Waals surface area contributed by atoms with Gasteiger partial charge in [0.05, 0.1) is 6.04 Å². The minimum Gasteiger partial charge on any atom is -0.490 e. The van der Waals surface area contributed by atoms with Gasteiger partial charge in [-0.05, 0) is 19.5 Å². The first kappa shape index (κ1) is 15.1. The molecule has 2 unspecified atom stereocenters. The Bertz CT molecular complexity index is 437. The van der Waals surface area contributed by atoms with Crippen molar-refractivity contribution in [2.75, 3.05) is 20.3 Å². The molecule has 0 saturated heterocycles. The van der Waals surface area contributed by atoms with Crippen LogP contribution in [0.25, 0.3) is 0 Å². The summed E-state index contributed by atoms with van der Waals surface area (Å²) in [6.45, 7) is 0.419. The van der Waals surface area contributed by atoms with Gasteiger partial charge in [0.2, 0.25) is 0 Å². The Morgan fingerprint density at radius 2 is 2.10 bits per heavy atom. The number of halogens is 3. The highest BCUT2D eigenvalue weighted by Crippen LogP contribution is 2.33. The molecule has 1 aromatic rings. The van der Waals surface area contributed by atoms with E-state index in [1.807, 2.05) is 24.3 Å². The first-order chi connectivity index (χ1) is 9.51. The molecule has 0 spiro atoms. The molecule has 3 nitrogen and oxygen atoms in total. The van der Waals surface area contributed by atoms with Crippen LogP contribution in [0.4, 0.5) is 13.2 Å². The molecule has 0 aliphatic carbocycles. The van der Waals surface area contributed by atoms with Crippen LogP contribution in [0.15, 0.2) is 24.3 Å². The van der Waals surface area contributed by atoms with Crippen LogP contribution in [0.5, 0.6) is 5.75 Å². The smallest absolute Gasteiger partial charge is 0.389 e. The van der Waals surface area contributed by atoms with Crippen molar-refractivity contribution in [2.45, 2.75) is 31.2 Å². The molecule has 0 bridgehead atoms. The van der Waals surface area contributed by atoms with Crippen molar-refractivity contribution in [3.8, 4) is 5.75 Å². The highest BCUT2D eigenvalue weighted by molar-refractivity contribution is 5.38. The summed E-state index contributed by atoms with van der Waals surface area (Å²) in [4.78, 5) is 0. The number of ether oxygens (including phenoxy) is 2. The van der Waals surface area contributed by atoms with E-state index in [1.165, 1.54) is 0 Å². The number of fused-ring (bicyclic) bond motifs is 1. The standard InChI is InChI=1S/C14H18F3NO2/c1-18-13-10-5-2-3-6-11(10)20-9-12(13)19-8-4-7-14(15,16)17/h2-3,5-6,12-13,18H,4,7-9H2,1H3. The molecule has 1 aliphatic rings. The summed E-state index contributed by atoms with van der Waals surface area (Å²) in [7, 11) is 1.80. The minimum atomic E-state index is -4.12. The van der Waals surface area contributed by atoms with Crippen molar-refractivity contribution in [3.05, 3.63) is 29.8 Å². The second-order valence-electron chi connectivity index (χ2n) is 4.74. The van der Waals surface area contributed by atoms with E-state index in [1.54, 1.807) is 7.05 Å². The van der Waals surface area contributed by atoms with Crippen molar-refractivity contribution in [3.63, 3.8) is 0 Å². The van der Waals surface area contributed by atoms with Gasteiger partial charge < -0.3 is 14.8 Å². The Balaban J connectivity index is 1.90. The molecule has 1 N–H and O–H groups in total. The third-order valence-electron chi connectivity index (χ3n) is 3.28. The van der Waals surface area contributed by atoms with Crippen LogP contribution in [-0.4, -0.2) is 32.5 Å². The predicted octanol–water partition coefficient (Wildman–Crippen LogP) is 3.07. The summed E-state index contributed by atoms with van der Waals surface area (Å²) in [5.41, 5.74) is 0.974. The molecular weight excluding hydrogens is 271 g/mol. The van der Waals surface area contributed by atoms with E-state index < -0.39 is 12.6 Å². The second kappa shape index (κ2) is 6.45. The van der Waals surface area contributed by atoms with Crippen molar-refractivity contribution in [2.24, 2.45) is 0 Å². The Morgan fingerprint density at radius 1 is 1.35 bits per heavy atom. The van der Waals surface area contributed by atoms with Gasteiger partial charge in [-0.25, -0.2) is 0 Å². The Hall–Kier alpha value is -1.27. The SMILES string of the molecule is CNC1c2ccccc2OCC1OCCCC(F)(F)F. The minimum absolute atomic E-state index is 0.0297. The number of likely N-dealkylation sites (N-methyl/N-ethyl adjacent to an activating group) is 1. The first-order valence-corrected chi connectivity index (χ1v) is 6.58. The fourth-order valence-corrected chi connectivity index (χ4v) is 2.33. The lowest BCUT2D eigenvalue weighted by molar-refractivity contribution is -0.139. The summed E-state index contributed by atoms with van der Waals surface area (Å²) >= 11 is 0. The van der Waals surface area contributed by atoms with E-state index in [2.05, 4.69) is 5.32 Å². The topological polar surface area (TPSA) is 30.5 Å². The lowest BCUT2D eigenvalue weighted by atomic mass is 9.98. The van der Waals surface area contributed by atoms with Crippen LogP contribution in [0.3, 0.4) is 0 Å². The molecule has 6 heteroatoms. The number of hydrogen-bond acceptors (Lipinski definition) is 3. The van der Waals surface area contributed by atoms with Crippen LogP contribution in [0.1, 0.15) is 24.4 Å². The fourth-order valence-electron chi connectivity index (χ4n) is 2.33. The Labute approximate surface area is 116 Å². The normalized spacial score (nSPS) is 22.2. The number of nitrogens with one attached hydrogen (secondary N) is 1. The first-order valence-electron chi connectivity index (χ1n) is 6.58. The molecule has 0 radical (unpaired) electrons. The van der Waals surface area contributed by atoms with Crippen molar-refractivity contribution in [1.29, 1.82) is 0 Å². The van der Waals surface area contributed by atoms with Gasteiger partial charge in [-0.15, -0.1) is 0 Å². The predicted molar refractivity (Wildman–Crippen MR) is 68.8 cm³/mol. The maximum atomic E-state index is 12.1. The van der Waals surface area contributed by atoms with Crippen LogP contribution in [-0.2, 0) is 4.74 Å². The quantitative estimate of drug-likeness (QED) is 0.845. The third kappa shape index (κ3) is 3.86. The highest BCUT2D eigenvalue weighted by Gasteiger charge is 2.31. The maximum Gasteiger partial charge on any atom is 0.389 e. The van der Waals surface area contributed by atoms with E-state index in [0.717, 1.165) is 11.3 Å². The molecule has 0 aromatic heterocycles. The van der Waals surface area contributed by atoms with E-state index in [-0.39, 0.29) is 25.2 Å². The summed E-state index contributed by atoms with van der Waals surface area (Å²) in [6.07, 6.45) is -5.25. The lowest BCUT2D eigenvalue weighted by Gasteiger charge is -2.33. The van der Waals surface area contributed by atoms with Crippen molar-refractivity contribution in [1.82, 2.24) is 5.32 Å². The molecule has 0 amide bonds. The zero-order valence-electron chi connectivity index (χ0n) is 11.2. The number of benzene rings is 1. The second-order valence-corrected chi connectivity index (χ2v) is 4.74. The number of para-hydroxylation sites is 1. The summed E-state index contributed by atoms with van der Waals surface area (Å²) < 4.78 is 47.3. The van der Waals surface area contributed by atoms with Crippen LogP contribution in [0, 0.1) is 0 Å². The summed E-state index contributed by atoms with van der Waals surface area (Å²) in [5.74, 6) is 0.794. The molecule has 2 atom stereocenters. The van der Waals surface area contributed by atoms with Gasteiger partial charge in [0.25, 0.3) is 0 Å². The molecule has 112 valence electrons. The van der Waals surface area contributed by atoms with Gasteiger partial charge in [-0.3, -0.25) is 0 Å². The van der Waals surface area contributed by atoms with E-state index in [4.69, 9.17) is 9.47 Å². The summed E-state index contributed by atoms with van der Waals surface area (Å²) in [6, 6.07) is 7.53. The van der Waals surface area contributed by atoms with Gasteiger partial charge in [0.15, 0.2) is 0 Å². The van der Waals surface area contributed by atoms with Gasteiger partial charge in [0.1, 0.15) is 18.5 Å². The van der Waals surface area contributed by atoms with E-state index in [0.29, 0.717) is 6.61 Å². The van der Waals surface area contributed by atoms with Gasteiger partial charge >= 0.3 is 6.18 Å². The third-order valence-corrected chi connectivity index (χ3v) is 3.28. The van der Waals surface area contributed by atoms with Crippen molar-refractivity contribution >= 4 is 0 Å². The number of alkyl halides is 3. The van der Waals surface area contributed by atoms with E-state index >= 15 is 0 Å². The Morgan fingerprint density at radius 3 is 2.80 bits per heavy atom. The average Bonchev–Trinajstić information content (AvgIpc) is 2.42. The van der Waals surface area contributed by atoms with Gasteiger partial charge in [-0.1, -0.05) is 18.2 Å². The molecular formula is C14H18F3NO2. The monoisotopic (exact) mass is 289 g/mol. The molecule has 20 heavy (non-hydrogen) atoms. The molecule has 1 heterocycles. The molecule has 1 aromatic carbocycles. The number of rotatable bonds is 5. The highest BCUT2D eigenvalue weighted by atomic mass is 19.4. The summed E-state index contributed by atoms with van der Waals surface area (Å²) in [5, 5.41) is 3.14. The maximum absolute atomic E-state index is 12.1. The van der Waals surface area contributed by atoms with Gasteiger partial charge in [-0.2, -0.15) is 13.2 Å². The molecule has 1 aliphatic heterocycles. The molecule has 0 saturated carbocycles. The largest absolute Gasteiger partial charge is 0.490 e. The average molecular weight is 289 g/mol. The van der Waals surface area contributed by atoms with Crippen LogP contribution in [0.2, 0.25) is 0 Å². The van der Waals surface area contributed by atoms with Crippen LogP contribution < -0.4 is 10.1 Å². The zero-order valence-corrected chi connectivity index (χ0v) is 11.2. The molecule has 2 rings (SSSR count). The van der Waals surface area contributed by atoms with E-state index in [9.17, 15) is 13.2 Å². The lowest BCUT2D eigenvalue weighted by Crippen LogP contribution is -2.40. The number of hydrogen-bond donors (Lipinski definition) is 1. The zero-order chi connectivity index (χ0) is 14.6. The Kier molecular flexibility index (Phi) is 4.88. The molecule has 0 fully saturated rings. The van der Waals surface area contributed by atoms with Crippen molar-refractivity contribution < 1.29 is 22.6 Å². The van der Waals surface area contributed by atoms with Gasteiger partial charge in [0, 0.05) is 18.6 Å². The van der Waals surface area contributed by atoms with Crippen LogP contribution >= 0.6 is 0 Å². The fraction of sp³-hybridized carbons (Fsp3) is 0.571.